The van der Waals surface area contributed by atoms with Gasteiger partial charge in [-0.25, -0.2) is 9.78 Å². The number of carbonyl (C=O) groups excluding carboxylic acids is 2. The van der Waals surface area contributed by atoms with Gasteiger partial charge < -0.3 is 9.64 Å². The Kier molecular flexibility index (Phi) is 6.87. The Morgan fingerprint density at radius 2 is 1.81 bits per heavy atom. The summed E-state index contributed by atoms with van der Waals surface area (Å²) >= 11 is 0. The number of nitrogens with one attached hydrogen (secondary N) is 1. The number of amides is 1. The molecular weight excluding hydrogens is 404 g/mol. The minimum atomic E-state index is -0.585. The first kappa shape index (κ1) is 21.2. The number of benzene rings is 1. The molecule has 7 nitrogen and oxygen atoms in total. The molecule has 3 aromatic rings. The van der Waals surface area contributed by atoms with Gasteiger partial charge in [-0.3, -0.25) is 15.1 Å². The third-order valence-electron chi connectivity index (χ3n) is 5.08. The maximum absolute atomic E-state index is 12.5. The largest absolute Gasteiger partial charge is 0.443 e. The van der Waals surface area contributed by atoms with Gasteiger partial charge in [-0.05, 0) is 73.5 Å². The lowest BCUT2D eigenvalue weighted by atomic mass is 10.1. The predicted molar refractivity (Wildman–Crippen MR) is 124 cm³/mol. The monoisotopic (exact) mass is 428 g/mol. The summed E-state index contributed by atoms with van der Waals surface area (Å²) in [6, 6.07) is 17.9. The van der Waals surface area contributed by atoms with Crippen LogP contribution in [0.15, 0.2) is 72.9 Å². The predicted octanol–water partition coefficient (Wildman–Crippen LogP) is 4.72. The van der Waals surface area contributed by atoms with Crippen LogP contribution in [0.1, 0.15) is 34.6 Å². The van der Waals surface area contributed by atoms with Crippen LogP contribution in [0, 0.1) is 0 Å². The van der Waals surface area contributed by atoms with Crippen LogP contribution in [0.5, 0.6) is 0 Å². The van der Waals surface area contributed by atoms with Crippen LogP contribution >= 0.6 is 0 Å². The van der Waals surface area contributed by atoms with Gasteiger partial charge in [0, 0.05) is 30.5 Å². The quantitative estimate of drug-likeness (QED) is 0.433. The molecular formula is C25H24N4O3. The number of nitrogens with zero attached hydrogens (tertiary/aromatic N) is 3. The summed E-state index contributed by atoms with van der Waals surface area (Å²) in [6.07, 6.45) is 6.67. The van der Waals surface area contributed by atoms with Crippen molar-refractivity contribution in [1.29, 1.82) is 0 Å². The summed E-state index contributed by atoms with van der Waals surface area (Å²) in [5.74, 6) is 0.810. The summed E-state index contributed by atoms with van der Waals surface area (Å²) in [7, 11) is 0. The van der Waals surface area contributed by atoms with Gasteiger partial charge in [-0.15, -0.1) is 0 Å². The number of rotatable bonds is 7. The van der Waals surface area contributed by atoms with E-state index in [9.17, 15) is 9.59 Å². The molecule has 1 aliphatic rings. The Hall–Kier alpha value is -4.00. The lowest BCUT2D eigenvalue weighted by Gasteiger charge is -2.16. The average Bonchev–Trinajstić information content (AvgIpc) is 3.38. The summed E-state index contributed by atoms with van der Waals surface area (Å²) in [6.45, 7) is 2.13. The van der Waals surface area contributed by atoms with E-state index in [0.717, 1.165) is 24.6 Å². The summed E-state index contributed by atoms with van der Waals surface area (Å²) < 4.78 is 5.14. The first-order chi connectivity index (χ1) is 15.7. The van der Waals surface area contributed by atoms with Crippen molar-refractivity contribution in [1.82, 2.24) is 9.97 Å². The summed E-state index contributed by atoms with van der Waals surface area (Å²) in [5.41, 5.74) is 2.47. The molecule has 0 aliphatic carbocycles. The second-order valence-electron chi connectivity index (χ2n) is 7.41. The minimum absolute atomic E-state index is 0.0844. The molecule has 32 heavy (non-hydrogen) atoms. The average molecular weight is 428 g/mol. The van der Waals surface area contributed by atoms with Gasteiger partial charge in [0.05, 0.1) is 11.4 Å². The second kappa shape index (κ2) is 10.3. The molecule has 0 bridgehead atoms. The van der Waals surface area contributed by atoms with Gasteiger partial charge in [-0.1, -0.05) is 12.1 Å². The summed E-state index contributed by atoms with van der Waals surface area (Å²) in [4.78, 5) is 35.4. The van der Waals surface area contributed by atoms with E-state index in [1.54, 1.807) is 48.7 Å². The van der Waals surface area contributed by atoms with Crippen molar-refractivity contribution < 1.29 is 14.3 Å². The zero-order valence-electron chi connectivity index (χ0n) is 17.6. The molecule has 0 saturated carbocycles. The fourth-order valence-corrected chi connectivity index (χ4v) is 3.41. The molecule has 7 heteroatoms. The Morgan fingerprint density at radius 3 is 2.56 bits per heavy atom. The fourth-order valence-electron chi connectivity index (χ4n) is 3.41. The highest BCUT2D eigenvalue weighted by Crippen LogP contribution is 2.18. The number of hydrogen-bond donors (Lipinski definition) is 1. The van der Waals surface area contributed by atoms with Gasteiger partial charge in [0.25, 0.3) is 0 Å². The van der Waals surface area contributed by atoms with Gasteiger partial charge >= 0.3 is 6.09 Å². The first-order valence-electron chi connectivity index (χ1n) is 10.6. The van der Waals surface area contributed by atoms with Crippen LogP contribution in [-0.2, 0) is 11.3 Å². The standard InChI is InChI=1S/C25H24N4O3/c30-23(14-13-20-7-5-8-24(27-20)29-16-3-4-17-29)19-9-11-21(12-10-19)28-25(31)32-18-22-6-1-2-15-26-22/h1-2,5-15H,3-4,16-18H2,(H,28,31). The highest BCUT2D eigenvalue weighted by Gasteiger charge is 2.13. The molecule has 1 amide bonds. The van der Waals surface area contributed by atoms with Gasteiger partial charge in [0.1, 0.15) is 12.4 Å². The lowest BCUT2D eigenvalue weighted by Crippen LogP contribution is -2.18. The molecule has 4 rings (SSSR count). The molecule has 1 fully saturated rings. The first-order valence-corrected chi connectivity index (χ1v) is 10.6. The molecule has 0 spiro atoms. The number of hydrogen-bond acceptors (Lipinski definition) is 6. The van der Waals surface area contributed by atoms with Crippen LogP contribution in [0.3, 0.4) is 0 Å². The number of ether oxygens (including phenoxy) is 1. The van der Waals surface area contributed by atoms with Crippen LogP contribution in [0.2, 0.25) is 0 Å². The number of carbonyl (C=O) groups is 2. The maximum atomic E-state index is 12.5. The zero-order valence-corrected chi connectivity index (χ0v) is 17.6. The van der Waals surface area contributed by atoms with Crippen molar-refractivity contribution >= 4 is 29.5 Å². The molecule has 1 saturated heterocycles. The topological polar surface area (TPSA) is 84.4 Å². The van der Waals surface area contributed by atoms with Crippen molar-refractivity contribution in [3.05, 3.63) is 89.9 Å². The van der Waals surface area contributed by atoms with Crippen molar-refractivity contribution in [3.63, 3.8) is 0 Å². The number of anilines is 2. The van der Waals surface area contributed by atoms with Crippen molar-refractivity contribution in [2.24, 2.45) is 0 Å². The number of allylic oxidation sites excluding steroid dienone is 1. The van der Waals surface area contributed by atoms with E-state index in [0.29, 0.717) is 16.9 Å². The van der Waals surface area contributed by atoms with Gasteiger partial charge in [0.15, 0.2) is 5.78 Å². The van der Waals surface area contributed by atoms with E-state index in [4.69, 9.17) is 4.74 Å². The highest BCUT2D eigenvalue weighted by atomic mass is 16.5. The molecule has 0 radical (unpaired) electrons. The normalized spacial score (nSPS) is 13.3. The van der Waals surface area contributed by atoms with E-state index in [1.165, 1.54) is 18.9 Å². The Labute approximate surface area is 186 Å². The maximum Gasteiger partial charge on any atom is 0.412 e. The lowest BCUT2D eigenvalue weighted by molar-refractivity contribution is 0.104. The molecule has 3 heterocycles. The van der Waals surface area contributed by atoms with Crippen LogP contribution in [0.25, 0.3) is 6.08 Å². The van der Waals surface area contributed by atoms with Crippen molar-refractivity contribution in [2.75, 3.05) is 23.3 Å². The van der Waals surface area contributed by atoms with Crippen LogP contribution < -0.4 is 10.2 Å². The SMILES string of the molecule is O=C(Nc1ccc(C(=O)C=Cc2cccc(N3CCCC3)n2)cc1)OCc1ccccn1. The van der Waals surface area contributed by atoms with Crippen molar-refractivity contribution in [2.45, 2.75) is 19.4 Å². The number of aromatic nitrogens is 2. The van der Waals surface area contributed by atoms with E-state index in [-0.39, 0.29) is 12.4 Å². The van der Waals surface area contributed by atoms with Crippen LogP contribution in [-0.4, -0.2) is 34.9 Å². The van der Waals surface area contributed by atoms with Gasteiger partial charge in [-0.2, -0.15) is 0 Å². The van der Waals surface area contributed by atoms with Crippen molar-refractivity contribution in [3.8, 4) is 0 Å². The Bertz CT molecular complexity index is 1090. The number of ketones is 1. The molecule has 1 N–H and O–H groups in total. The molecule has 1 aromatic carbocycles. The smallest absolute Gasteiger partial charge is 0.412 e. The molecule has 0 atom stereocenters. The Balaban J connectivity index is 1.31. The van der Waals surface area contributed by atoms with E-state index in [1.807, 2.05) is 24.3 Å². The molecule has 2 aromatic heterocycles. The zero-order chi connectivity index (χ0) is 22.2. The molecule has 1 aliphatic heterocycles. The molecule has 162 valence electrons. The molecule has 0 unspecified atom stereocenters. The fraction of sp³-hybridized carbons (Fsp3) is 0.200. The minimum Gasteiger partial charge on any atom is -0.443 e. The van der Waals surface area contributed by atoms with Gasteiger partial charge in [0.2, 0.25) is 0 Å². The second-order valence-corrected chi connectivity index (χ2v) is 7.41. The third kappa shape index (κ3) is 5.78. The van der Waals surface area contributed by atoms with Crippen LogP contribution in [0.4, 0.5) is 16.3 Å². The van der Waals surface area contributed by atoms with E-state index < -0.39 is 6.09 Å². The third-order valence-corrected chi connectivity index (χ3v) is 5.08. The van der Waals surface area contributed by atoms with E-state index in [2.05, 4.69) is 20.2 Å². The summed E-state index contributed by atoms with van der Waals surface area (Å²) in [5, 5.41) is 2.64. The highest BCUT2D eigenvalue weighted by molar-refractivity contribution is 6.07. The number of pyridine rings is 2. The Morgan fingerprint density at radius 1 is 1.00 bits per heavy atom. The van der Waals surface area contributed by atoms with E-state index >= 15 is 0 Å².